The zero-order valence-corrected chi connectivity index (χ0v) is 14.8. The maximum Gasteiger partial charge on any atom is 0.220 e. The molecule has 0 heterocycles. The van der Waals surface area contributed by atoms with Gasteiger partial charge < -0.3 is 10.1 Å². The Morgan fingerprint density at radius 2 is 1.83 bits per heavy atom. The number of benzene rings is 2. The summed E-state index contributed by atoms with van der Waals surface area (Å²) in [6, 6.07) is 17.7. The van der Waals surface area contributed by atoms with Crippen molar-refractivity contribution in [1.82, 2.24) is 5.32 Å². The summed E-state index contributed by atoms with van der Waals surface area (Å²) in [5.74, 6) is 0.853. The van der Waals surface area contributed by atoms with Crippen LogP contribution in [0.15, 0.2) is 54.6 Å². The first-order valence-electron chi connectivity index (χ1n) is 8.35. The molecule has 3 nitrogen and oxygen atoms in total. The molecule has 4 heteroatoms. The molecule has 0 aliphatic heterocycles. The van der Waals surface area contributed by atoms with E-state index in [4.69, 9.17) is 16.3 Å². The highest BCUT2D eigenvalue weighted by molar-refractivity contribution is 6.30. The molecule has 1 N–H and O–H groups in total. The Kier molecular flexibility index (Phi) is 7.63. The number of rotatable bonds is 9. The van der Waals surface area contributed by atoms with E-state index in [0.29, 0.717) is 24.5 Å². The highest BCUT2D eigenvalue weighted by Gasteiger charge is 2.07. The Morgan fingerprint density at radius 3 is 2.54 bits per heavy atom. The van der Waals surface area contributed by atoms with Gasteiger partial charge in [-0.05, 0) is 56.0 Å². The van der Waals surface area contributed by atoms with Crippen LogP contribution < -0.4 is 10.1 Å². The van der Waals surface area contributed by atoms with Gasteiger partial charge in [0, 0.05) is 17.5 Å². The first-order valence-corrected chi connectivity index (χ1v) is 8.73. The molecule has 2 aromatic carbocycles. The maximum atomic E-state index is 11.9. The SMILES string of the molecule is C[C@@H](CCc1ccccc1)NC(=O)CCCOc1ccc(Cl)cc1. The molecule has 1 amide bonds. The Hall–Kier alpha value is -2.00. The van der Waals surface area contributed by atoms with Crippen LogP contribution >= 0.6 is 11.6 Å². The summed E-state index contributed by atoms with van der Waals surface area (Å²) in [7, 11) is 0. The van der Waals surface area contributed by atoms with E-state index in [1.165, 1.54) is 5.56 Å². The lowest BCUT2D eigenvalue weighted by Crippen LogP contribution is -2.32. The van der Waals surface area contributed by atoms with Crippen molar-refractivity contribution in [1.29, 1.82) is 0 Å². The zero-order chi connectivity index (χ0) is 17.2. The molecule has 2 aromatic rings. The Labute approximate surface area is 149 Å². The normalized spacial score (nSPS) is 11.8. The zero-order valence-electron chi connectivity index (χ0n) is 14.0. The summed E-state index contributed by atoms with van der Waals surface area (Å²) >= 11 is 5.82. The van der Waals surface area contributed by atoms with E-state index in [0.717, 1.165) is 18.6 Å². The third-order valence-electron chi connectivity index (χ3n) is 3.75. The molecule has 0 aliphatic carbocycles. The van der Waals surface area contributed by atoms with Crippen LogP contribution in [0.1, 0.15) is 31.7 Å². The molecular formula is C20H24ClNO2. The van der Waals surface area contributed by atoms with Gasteiger partial charge in [0.05, 0.1) is 6.61 Å². The molecule has 0 saturated heterocycles. The van der Waals surface area contributed by atoms with Crippen molar-refractivity contribution in [3.63, 3.8) is 0 Å². The number of hydrogen-bond donors (Lipinski definition) is 1. The minimum atomic E-state index is 0.0790. The van der Waals surface area contributed by atoms with Crippen molar-refractivity contribution >= 4 is 17.5 Å². The fourth-order valence-corrected chi connectivity index (χ4v) is 2.53. The van der Waals surface area contributed by atoms with Gasteiger partial charge in [0.1, 0.15) is 5.75 Å². The van der Waals surface area contributed by atoms with Gasteiger partial charge in [-0.1, -0.05) is 41.9 Å². The number of halogens is 1. The second-order valence-electron chi connectivity index (χ2n) is 5.90. The average Bonchev–Trinajstić information content (AvgIpc) is 2.59. The summed E-state index contributed by atoms with van der Waals surface area (Å²) in [5.41, 5.74) is 1.30. The first kappa shape index (κ1) is 18.3. The quantitative estimate of drug-likeness (QED) is 0.672. The van der Waals surface area contributed by atoms with E-state index in [1.54, 1.807) is 12.1 Å². The molecule has 0 spiro atoms. The van der Waals surface area contributed by atoms with Crippen molar-refractivity contribution in [3.8, 4) is 5.75 Å². The summed E-state index contributed by atoms with van der Waals surface area (Å²) in [6.45, 7) is 2.57. The fraction of sp³-hybridized carbons (Fsp3) is 0.350. The molecule has 2 rings (SSSR count). The van der Waals surface area contributed by atoms with Crippen LogP contribution in [0.25, 0.3) is 0 Å². The molecule has 24 heavy (non-hydrogen) atoms. The van der Waals surface area contributed by atoms with Crippen LogP contribution in [0.5, 0.6) is 5.75 Å². The molecule has 0 aromatic heterocycles. The number of carbonyl (C=O) groups excluding carboxylic acids is 1. The van der Waals surface area contributed by atoms with Crippen molar-refractivity contribution < 1.29 is 9.53 Å². The number of amides is 1. The van der Waals surface area contributed by atoms with Gasteiger partial charge in [-0.25, -0.2) is 0 Å². The van der Waals surface area contributed by atoms with Crippen molar-refractivity contribution in [3.05, 3.63) is 65.2 Å². The number of carbonyl (C=O) groups is 1. The lowest BCUT2D eigenvalue weighted by Gasteiger charge is -2.14. The number of ether oxygens (including phenoxy) is 1. The molecule has 0 radical (unpaired) electrons. The number of hydrogen-bond acceptors (Lipinski definition) is 2. The van der Waals surface area contributed by atoms with Crippen molar-refractivity contribution in [2.45, 2.75) is 38.6 Å². The minimum Gasteiger partial charge on any atom is -0.494 e. The van der Waals surface area contributed by atoms with Gasteiger partial charge in [0.25, 0.3) is 0 Å². The van der Waals surface area contributed by atoms with Crippen LogP contribution in [0, 0.1) is 0 Å². The number of aryl methyl sites for hydroxylation is 1. The predicted octanol–water partition coefficient (Wildman–Crippen LogP) is 4.64. The molecule has 0 bridgehead atoms. The standard InChI is InChI=1S/C20H24ClNO2/c1-16(9-10-17-6-3-2-4-7-17)22-20(23)8-5-15-24-19-13-11-18(21)12-14-19/h2-4,6-7,11-14,16H,5,8-10,15H2,1H3,(H,22,23)/t16-/m0/s1. The van der Waals surface area contributed by atoms with E-state index >= 15 is 0 Å². The fourth-order valence-electron chi connectivity index (χ4n) is 2.40. The summed E-state index contributed by atoms with van der Waals surface area (Å²) in [6.07, 6.45) is 3.09. The largest absolute Gasteiger partial charge is 0.494 e. The van der Waals surface area contributed by atoms with Gasteiger partial charge in [0.15, 0.2) is 0 Å². The van der Waals surface area contributed by atoms with E-state index < -0.39 is 0 Å². The predicted molar refractivity (Wildman–Crippen MR) is 98.5 cm³/mol. The molecule has 0 saturated carbocycles. The smallest absolute Gasteiger partial charge is 0.220 e. The summed E-state index contributed by atoms with van der Waals surface area (Å²) in [4.78, 5) is 11.9. The third-order valence-corrected chi connectivity index (χ3v) is 4.00. The van der Waals surface area contributed by atoms with Crippen LogP contribution in [-0.4, -0.2) is 18.6 Å². The second-order valence-corrected chi connectivity index (χ2v) is 6.34. The maximum absolute atomic E-state index is 11.9. The van der Waals surface area contributed by atoms with E-state index in [-0.39, 0.29) is 11.9 Å². The molecular weight excluding hydrogens is 322 g/mol. The summed E-state index contributed by atoms with van der Waals surface area (Å²) in [5, 5.41) is 3.73. The molecule has 0 fully saturated rings. The van der Waals surface area contributed by atoms with Gasteiger partial charge in [-0.3, -0.25) is 4.79 Å². The molecule has 0 aliphatic rings. The van der Waals surface area contributed by atoms with Crippen molar-refractivity contribution in [2.24, 2.45) is 0 Å². The van der Waals surface area contributed by atoms with Gasteiger partial charge in [0.2, 0.25) is 5.91 Å². The Morgan fingerprint density at radius 1 is 1.12 bits per heavy atom. The Bertz CT molecular complexity index is 613. The van der Waals surface area contributed by atoms with Gasteiger partial charge >= 0.3 is 0 Å². The molecule has 0 unspecified atom stereocenters. The van der Waals surface area contributed by atoms with Crippen molar-refractivity contribution in [2.75, 3.05) is 6.61 Å². The lowest BCUT2D eigenvalue weighted by molar-refractivity contribution is -0.121. The van der Waals surface area contributed by atoms with Crippen LogP contribution in [0.4, 0.5) is 0 Å². The van der Waals surface area contributed by atoms with E-state index in [1.807, 2.05) is 37.3 Å². The molecule has 128 valence electrons. The number of nitrogens with one attached hydrogen (secondary N) is 1. The van der Waals surface area contributed by atoms with Crippen LogP contribution in [0.3, 0.4) is 0 Å². The third kappa shape index (κ3) is 7.05. The highest BCUT2D eigenvalue weighted by Crippen LogP contribution is 2.15. The molecule has 1 atom stereocenters. The first-order chi connectivity index (χ1) is 11.6. The topological polar surface area (TPSA) is 38.3 Å². The van der Waals surface area contributed by atoms with Crippen LogP contribution in [-0.2, 0) is 11.2 Å². The van der Waals surface area contributed by atoms with E-state index in [2.05, 4.69) is 17.4 Å². The highest BCUT2D eigenvalue weighted by atomic mass is 35.5. The Balaban J connectivity index is 1.58. The van der Waals surface area contributed by atoms with Gasteiger partial charge in [-0.15, -0.1) is 0 Å². The van der Waals surface area contributed by atoms with E-state index in [9.17, 15) is 4.79 Å². The summed E-state index contributed by atoms with van der Waals surface area (Å²) < 4.78 is 5.58. The van der Waals surface area contributed by atoms with Crippen LogP contribution in [0.2, 0.25) is 5.02 Å². The monoisotopic (exact) mass is 345 g/mol. The minimum absolute atomic E-state index is 0.0790. The van der Waals surface area contributed by atoms with Gasteiger partial charge in [-0.2, -0.15) is 0 Å². The lowest BCUT2D eigenvalue weighted by atomic mass is 10.1. The average molecular weight is 346 g/mol. The second kappa shape index (κ2) is 9.99.